The summed E-state index contributed by atoms with van der Waals surface area (Å²) in [6.45, 7) is 0. The van der Waals surface area contributed by atoms with Gasteiger partial charge in [-0.2, -0.15) is 5.26 Å². The monoisotopic (exact) mass is 353 g/mol. The average molecular weight is 353 g/mol. The lowest BCUT2D eigenvalue weighted by atomic mass is 9.88. The van der Waals surface area contributed by atoms with Crippen molar-refractivity contribution in [1.29, 1.82) is 5.26 Å². The van der Waals surface area contributed by atoms with E-state index in [1.807, 2.05) is 0 Å². The topological polar surface area (TPSA) is 106 Å². The van der Waals surface area contributed by atoms with Crippen molar-refractivity contribution >= 4 is 11.5 Å². The number of nitro groups is 1. The predicted molar refractivity (Wildman–Crippen MR) is 90.7 cm³/mol. The molecule has 0 fully saturated rings. The number of nitro benzene ring substituents is 1. The van der Waals surface area contributed by atoms with Crippen molar-refractivity contribution in [2.24, 2.45) is 0 Å². The zero-order valence-corrected chi connectivity index (χ0v) is 14.1. The van der Waals surface area contributed by atoms with Crippen LogP contribution in [-0.2, 0) is 9.53 Å². The van der Waals surface area contributed by atoms with Crippen LogP contribution in [0.25, 0.3) is 0 Å². The number of methoxy groups -OCH3 is 1. The number of hydrogen-bond acceptors (Lipinski definition) is 7. The molecular weight excluding hydrogens is 338 g/mol. The fourth-order valence-electron chi connectivity index (χ4n) is 2.84. The fraction of sp³-hybridized carbons (Fsp3) is 0.222. The highest BCUT2D eigenvalue weighted by molar-refractivity contribution is 5.91. The number of benzene rings is 1. The third kappa shape index (κ3) is 3.08. The molecule has 0 bridgehead atoms. The molecule has 0 aromatic heterocycles. The lowest BCUT2D eigenvalue weighted by Crippen LogP contribution is -2.31. The van der Waals surface area contributed by atoms with Crippen molar-refractivity contribution in [2.45, 2.75) is 12.5 Å². The van der Waals surface area contributed by atoms with Crippen molar-refractivity contribution in [1.82, 2.24) is 4.90 Å². The minimum Gasteiger partial charge on any atom is -0.454 e. The summed E-state index contributed by atoms with van der Waals surface area (Å²) in [5.74, 6) is 0.557. The van der Waals surface area contributed by atoms with E-state index in [9.17, 15) is 20.2 Å². The third-order valence-corrected chi connectivity index (χ3v) is 4.14. The van der Waals surface area contributed by atoms with Gasteiger partial charge in [-0.05, 0) is 23.8 Å². The molecule has 0 N–H and O–H groups in total. The van der Waals surface area contributed by atoms with E-state index in [-0.39, 0.29) is 29.3 Å². The number of ketones is 1. The number of Topliss-reactive ketones (excluding diaryl/α,β-unsaturated/α-hetero) is 1. The molecule has 26 heavy (non-hydrogen) atoms. The quantitative estimate of drug-likeness (QED) is 0.604. The first-order valence-electron chi connectivity index (χ1n) is 7.73. The summed E-state index contributed by atoms with van der Waals surface area (Å²) >= 11 is 0. The molecule has 0 saturated heterocycles. The molecule has 3 rings (SSSR count). The molecule has 132 valence electrons. The molecule has 1 aliphatic heterocycles. The van der Waals surface area contributed by atoms with E-state index in [0.717, 1.165) is 5.57 Å². The van der Waals surface area contributed by atoms with Crippen LogP contribution in [0.2, 0.25) is 0 Å². The number of fused-ring (bicyclic) bond motifs is 1. The summed E-state index contributed by atoms with van der Waals surface area (Å²) < 4.78 is 11.1. The van der Waals surface area contributed by atoms with Crippen molar-refractivity contribution in [3.05, 3.63) is 69.3 Å². The van der Waals surface area contributed by atoms with Crippen LogP contribution in [-0.4, -0.2) is 35.9 Å². The summed E-state index contributed by atoms with van der Waals surface area (Å²) in [7, 11) is 3.13. The smallest absolute Gasteiger partial charge is 0.269 e. The predicted octanol–water partition coefficient (Wildman–Crippen LogP) is 2.45. The van der Waals surface area contributed by atoms with Gasteiger partial charge in [-0.25, -0.2) is 0 Å². The Morgan fingerprint density at radius 3 is 2.62 bits per heavy atom. The van der Waals surface area contributed by atoms with Crippen LogP contribution in [0, 0.1) is 21.4 Å². The summed E-state index contributed by atoms with van der Waals surface area (Å²) in [4.78, 5) is 24.0. The van der Waals surface area contributed by atoms with E-state index in [1.165, 1.54) is 31.4 Å². The maximum Gasteiger partial charge on any atom is 0.269 e. The second-order valence-corrected chi connectivity index (χ2v) is 5.79. The highest BCUT2D eigenvalue weighted by Gasteiger charge is 2.33. The molecule has 0 spiro atoms. The zero-order chi connectivity index (χ0) is 18.8. The number of nitriles is 1. The fourth-order valence-corrected chi connectivity index (χ4v) is 2.84. The van der Waals surface area contributed by atoms with Crippen molar-refractivity contribution in [3.8, 4) is 11.8 Å². The van der Waals surface area contributed by atoms with Crippen molar-refractivity contribution < 1.29 is 19.2 Å². The van der Waals surface area contributed by atoms with Gasteiger partial charge in [-0.15, -0.1) is 0 Å². The Morgan fingerprint density at radius 2 is 2.04 bits per heavy atom. The Labute approximate surface area is 149 Å². The molecule has 2 aliphatic rings. The van der Waals surface area contributed by atoms with E-state index < -0.39 is 11.0 Å². The molecule has 1 heterocycles. The van der Waals surface area contributed by atoms with Gasteiger partial charge in [0.15, 0.2) is 17.2 Å². The normalized spacial score (nSPS) is 19.3. The molecule has 0 radical (unpaired) electrons. The number of rotatable bonds is 4. The van der Waals surface area contributed by atoms with Crippen LogP contribution < -0.4 is 4.74 Å². The van der Waals surface area contributed by atoms with Gasteiger partial charge in [0, 0.05) is 44.5 Å². The van der Waals surface area contributed by atoms with Gasteiger partial charge >= 0.3 is 0 Å². The maximum absolute atomic E-state index is 12.1. The molecule has 8 heteroatoms. The number of carbonyl (C=O) groups is 1. The van der Waals surface area contributed by atoms with E-state index in [1.54, 1.807) is 24.2 Å². The van der Waals surface area contributed by atoms with Crippen LogP contribution in [0.4, 0.5) is 5.69 Å². The second-order valence-electron chi connectivity index (χ2n) is 5.79. The number of nitrogens with zero attached hydrogens (tertiary/aromatic N) is 3. The van der Waals surface area contributed by atoms with Gasteiger partial charge in [0.05, 0.1) is 4.92 Å². The number of allylic oxidation sites excluding steroid dienone is 2. The lowest BCUT2D eigenvalue weighted by Gasteiger charge is -2.30. The van der Waals surface area contributed by atoms with Crippen LogP contribution >= 0.6 is 0 Å². The van der Waals surface area contributed by atoms with Gasteiger partial charge in [-0.1, -0.05) is 0 Å². The number of ether oxygens (including phenoxy) is 2. The highest BCUT2D eigenvalue weighted by atomic mass is 16.6. The first-order valence-corrected chi connectivity index (χ1v) is 7.73. The first-order chi connectivity index (χ1) is 12.4. The molecular formula is C18H15N3O5. The lowest BCUT2D eigenvalue weighted by molar-refractivity contribution is -0.384. The Kier molecular flexibility index (Phi) is 4.56. The molecule has 8 nitrogen and oxygen atoms in total. The van der Waals surface area contributed by atoms with E-state index in [2.05, 4.69) is 6.07 Å². The summed E-state index contributed by atoms with van der Waals surface area (Å²) in [6.07, 6.45) is 2.81. The average Bonchev–Trinajstić information content (AvgIpc) is 2.61. The first kappa shape index (κ1) is 17.4. The SMILES string of the molecule is COC1C=C2C(=CN(C)C(C#N)=C2Oc2ccc([N+](=O)[O-])cc2)CC1=O. The summed E-state index contributed by atoms with van der Waals surface area (Å²) in [5.41, 5.74) is 1.55. The van der Waals surface area contributed by atoms with Crippen molar-refractivity contribution in [3.63, 3.8) is 0 Å². The molecule has 0 saturated carbocycles. The van der Waals surface area contributed by atoms with Crippen molar-refractivity contribution in [2.75, 3.05) is 14.2 Å². The van der Waals surface area contributed by atoms with E-state index >= 15 is 0 Å². The maximum atomic E-state index is 12.1. The molecule has 0 amide bonds. The molecule has 1 aromatic carbocycles. The summed E-state index contributed by atoms with van der Waals surface area (Å²) in [6, 6.07) is 7.65. The van der Waals surface area contributed by atoms with Crippen LogP contribution in [0.5, 0.6) is 5.75 Å². The van der Waals surface area contributed by atoms with Crippen LogP contribution in [0.15, 0.2) is 59.1 Å². The van der Waals surface area contributed by atoms with Gasteiger partial charge in [-0.3, -0.25) is 14.9 Å². The zero-order valence-electron chi connectivity index (χ0n) is 14.1. The Morgan fingerprint density at radius 1 is 1.35 bits per heavy atom. The largest absolute Gasteiger partial charge is 0.454 e. The third-order valence-electron chi connectivity index (χ3n) is 4.14. The standard InChI is InChI=1S/C18H15N3O5/c1-20-10-11-7-16(22)17(25-2)8-14(11)18(15(20)9-19)26-13-5-3-12(4-6-13)21(23)24/h3-6,8,10,17H,7H2,1-2H3. The highest BCUT2D eigenvalue weighted by Crippen LogP contribution is 2.36. The van der Waals surface area contributed by atoms with Crippen LogP contribution in [0.1, 0.15) is 6.42 Å². The Balaban J connectivity index is 2.02. The van der Waals surface area contributed by atoms with E-state index in [0.29, 0.717) is 11.3 Å². The molecule has 1 unspecified atom stereocenters. The molecule has 1 aliphatic carbocycles. The minimum absolute atomic E-state index is 0.0601. The Hall–Kier alpha value is -3.44. The molecule has 1 atom stereocenters. The van der Waals surface area contributed by atoms with Gasteiger partial charge in [0.25, 0.3) is 5.69 Å². The number of non-ortho nitro benzene ring substituents is 1. The number of hydrogen-bond donors (Lipinski definition) is 0. The van der Waals surface area contributed by atoms with Gasteiger partial charge < -0.3 is 14.4 Å². The summed E-state index contributed by atoms with van der Waals surface area (Å²) in [5, 5.41) is 20.3. The van der Waals surface area contributed by atoms with Crippen LogP contribution in [0.3, 0.4) is 0 Å². The minimum atomic E-state index is -0.707. The number of carbonyl (C=O) groups excluding carboxylic acids is 1. The van der Waals surface area contributed by atoms with E-state index in [4.69, 9.17) is 9.47 Å². The van der Waals surface area contributed by atoms with Gasteiger partial charge in [0.2, 0.25) is 0 Å². The van der Waals surface area contributed by atoms with Gasteiger partial charge in [0.1, 0.15) is 17.9 Å². The molecule has 1 aromatic rings. The Bertz CT molecular complexity index is 906. The second kappa shape index (κ2) is 6.82.